The molecule has 1 N–H and O–H groups in total. The molecular formula is C25H20O4S. The third-order valence-corrected chi connectivity index (χ3v) is 5.72. The lowest BCUT2D eigenvalue weighted by molar-refractivity contribution is 0.0696. The lowest BCUT2D eigenvalue weighted by Gasteiger charge is -2.14. The normalized spacial score (nSPS) is 10.6. The van der Waals surface area contributed by atoms with E-state index in [2.05, 4.69) is 6.07 Å². The molecule has 0 aliphatic rings. The summed E-state index contributed by atoms with van der Waals surface area (Å²) in [5, 5.41) is 11.3. The van der Waals surface area contributed by atoms with Gasteiger partial charge in [0, 0.05) is 21.6 Å². The number of ether oxygens (including phenoxy) is 2. The first kappa shape index (κ1) is 19.7. The number of benzene rings is 3. The fourth-order valence-corrected chi connectivity index (χ4v) is 4.23. The number of methoxy groups -OCH3 is 1. The summed E-state index contributed by atoms with van der Waals surface area (Å²) < 4.78 is 11.6. The minimum Gasteiger partial charge on any atom is -0.496 e. The number of para-hydroxylation sites is 1. The largest absolute Gasteiger partial charge is 0.496 e. The predicted octanol–water partition coefficient (Wildman–Crippen LogP) is 6.37. The van der Waals surface area contributed by atoms with Crippen molar-refractivity contribution in [3.8, 4) is 33.1 Å². The van der Waals surface area contributed by atoms with Gasteiger partial charge in [0.25, 0.3) is 0 Å². The average Bonchev–Trinajstić information content (AvgIpc) is 3.27. The van der Waals surface area contributed by atoms with Crippen LogP contribution < -0.4 is 9.47 Å². The summed E-state index contributed by atoms with van der Waals surface area (Å²) in [7, 11) is 1.55. The summed E-state index contributed by atoms with van der Waals surface area (Å²) in [6, 6.07) is 25.0. The molecule has 0 fully saturated rings. The van der Waals surface area contributed by atoms with Crippen LogP contribution in [0.1, 0.15) is 15.9 Å². The molecule has 1 heterocycles. The van der Waals surface area contributed by atoms with Gasteiger partial charge in [-0.2, -0.15) is 0 Å². The SMILES string of the molecule is COc1cc(C(=O)O)ccc1-c1sccc1-c1ccccc1OCc1ccccc1. The first-order chi connectivity index (χ1) is 14.7. The van der Waals surface area contributed by atoms with Crippen LogP contribution in [0.2, 0.25) is 0 Å². The van der Waals surface area contributed by atoms with Crippen molar-refractivity contribution in [1.82, 2.24) is 0 Å². The molecule has 0 spiro atoms. The van der Waals surface area contributed by atoms with Gasteiger partial charge in [0.05, 0.1) is 12.7 Å². The second-order valence-corrected chi connectivity index (χ2v) is 7.57. The monoisotopic (exact) mass is 416 g/mol. The maximum Gasteiger partial charge on any atom is 0.335 e. The molecule has 4 nitrogen and oxygen atoms in total. The minimum absolute atomic E-state index is 0.195. The zero-order valence-electron chi connectivity index (χ0n) is 16.4. The molecule has 4 aromatic rings. The predicted molar refractivity (Wildman–Crippen MR) is 119 cm³/mol. The van der Waals surface area contributed by atoms with E-state index in [0.29, 0.717) is 12.4 Å². The van der Waals surface area contributed by atoms with Gasteiger partial charge in [-0.3, -0.25) is 0 Å². The van der Waals surface area contributed by atoms with E-state index < -0.39 is 5.97 Å². The zero-order valence-corrected chi connectivity index (χ0v) is 17.2. The molecule has 3 aromatic carbocycles. The van der Waals surface area contributed by atoms with Crippen molar-refractivity contribution >= 4 is 17.3 Å². The van der Waals surface area contributed by atoms with E-state index in [9.17, 15) is 9.90 Å². The van der Waals surface area contributed by atoms with Crippen LogP contribution in [0, 0.1) is 0 Å². The fourth-order valence-electron chi connectivity index (χ4n) is 3.29. The van der Waals surface area contributed by atoms with E-state index in [1.807, 2.05) is 60.0 Å². The number of hydrogen-bond donors (Lipinski definition) is 1. The van der Waals surface area contributed by atoms with Crippen LogP contribution in [0.15, 0.2) is 84.2 Å². The van der Waals surface area contributed by atoms with Gasteiger partial charge in [-0.1, -0.05) is 48.5 Å². The van der Waals surface area contributed by atoms with Gasteiger partial charge in [-0.15, -0.1) is 11.3 Å². The maximum absolute atomic E-state index is 11.3. The Morgan fingerprint density at radius 2 is 1.63 bits per heavy atom. The van der Waals surface area contributed by atoms with E-state index in [1.165, 1.54) is 0 Å². The summed E-state index contributed by atoms with van der Waals surface area (Å²) >= 11 is 1.58. The maximum atomic E-state index is 11.3. The summed E-state index contributed by atoms with van der Waals surface area (Å²) in [5.41, 5.74) is 4.15. The van der Waals surface area contributed by atoms with Crippen LogP contribution in [0.4, 0.5) is 0 Å². The van der Waals surface area contributed by atoms with Crippen molar-refractivity contribution in [2.75, 3.05) is 7.11 Å². The van der Waals surface area contributed by atoms with Crippen LogP contribution in [0.5, 0.6) is 11.5 Å². The van der Waals surface area contributed by atoms with Crippen LogP contribution >= 0.6 is 11.3 Å². The summed E-state index contributed by atoms with van der Waals surface area (Å²) in [6.45, 7) is 0.480. The summed E-state index contributed by atoms with van der Waals surface area (Å²) in [6.07, 6.45) is 0. The molecule has 5 heteroatoms. The quantitative estimate of drug-likeness (QED) is 0.380. The lowest BCUT2D eigenvalue weighted by Crippen LogP contribution is -1.98. The first-order valence-electron chi connectivity index (χ1n) is 9.42. The molecule has 4 rings (SSSR count). The van der Waals surface area contributed by atoms with Crippen LogP contribution in [0.25, 0.3) is 21.6 Å². The lowest BCUT2D eigenvalue weighted by atomic mass is 10.0. The second-order valence-electron chi connectivity index (χ2n) is 6.65. The molecule has 0 aliphatic heterocycles. The Hall–Kier alpha value is -3.57. The molecule has 0 atom stereocenters. The van der Waals surface area contributed by atoms with Crippen molar-refractivity contribution in [2.45, 2.75) is 6.61 Å². The second kappa shape index (κ2) is 8.84. The molecule has 0 radical (unpaired) electrons. The van der Waals surface area contributed by atoms with Crippen molar-refractivity contribution in [1.29, 1.82) is 0 Å². The molecule has 1 aromatic heterocycles. The van der Waals surface area contributed by atoms with Gasteiger partial charge in [0.2, 0.25) is 0 Å². The van der Waals surface area contributed by atoms with E-state index in [4.69, 9.17) is 9.47 Å². The molecule has 150 valence electrons. The number of carbonyl (C=O) groups is 1. The standard InChI is InChI=1S/C25H20O4S/c1-28-23-15-18(25(26)27)11-12-21(23)24-20(13-14-30-24)19-9-5-6-10-22(19)29-16-17-7-3-2-4-8-17/h2-15H,16H2,1H3,(H,26,27). The number of aromatic carboxylic acids is 1. The van der Waals surface area contributed by atoms with Gasteiger partial charge in [0.15, 0.2) is 0 Å². The van der Waals surface area contributed by atoms with Gasteiger partial charge in [0.1, 0.15) is 18.1 Å². The smallest absolute Gasteiger partial charge is 0.335 e. The highest BCUT2D eigenvalue weighted by Gasteiger charge is 2.18. The van der Waals surface area contributed by atoms with Crippen LogP contribution in [-0.4, -0.2) is 18.2 Å². The highest BCUT2D eigenvalue weighted by atomic mass is 32.1. The van der Waals surface area contributed by atoms with Crippen LogP contribution in [-0.2, 0) is 6.61 Å². The fraction of sp³-hybridized carbons (Fsp3) is 0.0800. The van der Waals surface area contributed by atoms with Crippen molar-refractivity contribution < 1.29 is 19.4 Å². The Balaban J connectivity index is 1.71. The highest BCUT2D eigenvalue weighted by Crippen LogP contribution is 2.44. The Morgan fingerprint density at radius 3 is 2.40 bits per heavy atom. The highest BCUT2D eigenvalue weighted by molar-refractivity contribution is 7.14. The molecule has 0 unspecified atom stereocenters. The molecule has 0 amide bonds. The van der Waals surface area contributed by atoms with Gasteiger partial charge in [-0.05, 0) is 41.3 Å². The molecule has 0 saturated carbocycles. The zero-order chi connectivity index (χ0) is 20.9. The third kappa shape index (κ3) is 4.07. The van der Waals surface area contributed by atoms with Crippen molar-refractivity contribution in [3.05, 3.63) is 95.4 Å². The van der Waals surface area contributed by atoms with Crippen molar-refractivity contribution in [3.63, 3.8) is 0 Å². The molecule has 0 bridgehead atoms. The van der Waals surface area contributed by atoms with E-state index in [0.717, 1.165) is 32.9 Å². The average molecular weight is 416 g/mol. The number of hydrogen-bond acceptors (Lipinski definition) is 4. The topological polar surface area (TPSA) is 55.8 Å². The van der Waals surface area contributed by atoms with E-state index >= 15 is 0 Å². The Morgan fingerprint density at radius 1 is 0.867 bits per heavy atom. The van der Waals surface area contributed by atoms with Gasteiger partial charge < -0.3 is 14.6 Å². The van der Waals surface area contributed by atoms with Gasteiger partial charge >= 0.3 is 5.97 Å². The van der Waals surface area contributed by atoms with E-state index in [-0.39, 0.29) is 5.56 Å². The molecule has 30 heavy (non-hydrogen) atoms. The first-order valence-corrected chi connectivity index (χ1v) is 10.3. The van der Waals surface area contributed by atoms with Crippen molar-refractivity contribution in [2.24, 2.45) is 0 Å². The Bertz CT molecular complexity index is 1160. The number of carboxylic acid groups (broad SMARTS) is 1. The molecular weight excluding hydrogens is 396 g/mol. The third-order valence-electron chi connectivity index (χ3n) is 4.77. The Kier molecular flexibility index (Phi) is 5.82. The number of rotatable bonds is 7. The van der Waals surface area contributed by atoms with Gasteiger partial charge in [-0.25, -0.2) is 4.79 Å². The number of carboxylic acids is 1. The molecule has 0 aliphatic carbocycles. The number of thiophene rings is 1. The van der Waals surface area contributed by atoms with Crippen LogP contribution in [0.3, 0.4) is 0 Å². The molecule has 0 saturated heterocycles. The summed E-state index contributed by atoms with van der Waals surface area (Å²) in [5.74, 6) is 0.342. The minimum atomic E-state index is -0.981. The van der Waals surface area contributed by atoms with E-state index in [1.54, 1.807) is 36.6 Å². The summed E-state index contributed by atoms with van der Waals surface area (Å²) in [4.78, 5) is 12.3. The Labute approximate surface area is 179 Å².